The van der Waals surface area contributed by atoms with Crippen LogP contribution in [0.4, 0.5) is 10.1 Å². The lowest BCUT2D eigenvalue weighted by Crippen LogP contribution is -2.49. The number of rotatable bonds is 14. The van der Waals surface area contributed by atoms with Gasteiger partial charge in [0.05, 0.1) is 10.4 Å². The summed E-state index contributed by atoms with van der Waals surface area (Å²) in [6.07, 6.45) is 10.8. The minimum absolute atomic E-state index is 0.0674. The van der Waals surface area contributed by atoms with E-state index in [0.29, 0.717) is 45.1 Å². The highest BCUT2D eigenvalue weighted by molar-refractivity contribution is 7.91. The molecule has 3 fully saturated rings. The Labute approximate surface area is 229 Å². The second kappa shape index (κ2) is 12.1. The minimum Gasteiger partial charge on any atom is -0.371 e. The van der Waals surface area contributed by atoms with Crippen LogP contribution < -0.4 is 15.8 Å². The number of amides is 3. The molecule has 1 aromatic rings. The molecule has 1 heterocycles. The van der Waals surface area contributed by atoms with Gasteiger partial charge in [-0.2, -0.15) is 0 Å². The number of likely N-dealkylation sites (tertiary alicyclic amines) is 1. The number of para-hydroxylation sites is 1. The van der Waals surface area contributed by atoms with E-state index in [-0.39, 0.29) is 23.4 Å². The van der Waals surface area contributed by atoms with E-state index >= 15 is 0 Å². The van der Waals surface area contributed by atoms with Crippen LogP contribution in [0.25, 0.3) is 0 Å². The van der Waals surface area contributed by atoms with Crippen LogP contribution >= 0.6 is 0 Å². The topological polar surface area (TPSA) is 139 Å². The molecule has 2 aliphatic carbocycles. The van der Waals surface area contributed by atoms with Crippen LogP contribution in [0.2, 0.25) is 0 Å². The quantitative estimate of drug-likeness (QED) is 0.235. The number of nitrogens with one attached hydrogen (secondary N) is 2. The first kappa shape index (κ1) is 29.0. The first-order valence-electron chi connectivity index (χ1n) is 13.9. The van der Waals surface area contributed by atoms with Crippen LogP contribution in [0.15, 0.2) is 36.4 Å². The van der Waals surface area contributed by atoms with Crippen molar-refractivity contribution < 1.29 is 27.2 Å². The van der Waals surface area contributed by atoms with Crippen LogP contribution in [0.5, 0.6) is 0 Å². The Kier molecular flexibility index (Phi) is 8.98. The molecular weight excluding hydrogens is 523 g/mol. The average Bonchev–Trinajstić information content (AvgIpc) is 3.78. The van der Waals surface area contributed by atoms with Gasteiger partial charge in [0.15, 0.2) is 0 Å². The fourth-order valence-electron chi connectivity index (χ4n) is 5.11. The highest BCUT2D eigenvalue weighted by atomic mass is 32.2. The van der Waals surface area contributed by atoms with Crippen molar-refractivity contribution >= 4 is 33.4 Å². The second-order valence-electron chi connectivity index (χ2n) is 11.3. The fourth-order valence-corrected chi connectivity index (χ4v) is 6.42. The molecule has 9 nitrogen and oxygen atoms in total. The molecule has 4 atom stereocenters. The van der Waals surface area contributed by atoms with Gasteiger partial charge in [0, 0.05) is 12.5 Å². The molecular formula is C28H39FN4O5S. The summed E-state index contributed by atoms with van der Waals surface area (Å²) in [5, 5.41) is 3.04. The number of anilines is 1. The number of primary amides is 1. The van der Waals surface area contributed by atoms with Crippen LogP contribution in [-0.2, 0) is 24.4 Å². The summed E-state index contributed by atoms with van der Waals surface area (Å²) in [4.78, 5) is 38.9. The number of carbonyl (C=O) groups excluding carboxylic acids is 3. The van der Waals surface area contributed by atoms with Gasteiger partial charge in [-0.25, -0.2) is 12.8 Å². The summed E-state index contributed by atoms with van der Waals surface area (Å²) in [5.41, 5.74) is 5.75. The highest BCUT2D eigenvalue weighted by Crippen LogP contribution is 2.44. The largest absolute Gasteiger partial charge is 0.371 e. The Bertz CT molecular complexity index is 1220. The van der Waals surface area contributed by atoms with Crippen molar-refractivity contribution in [2.24, 2.45) is 17.6 Å². The summed E-state index contributed by atoms with van der Waals surface area (Å²) in [6, 6.07) is 4.90. The summed E-state index contributed by atoms with van der Waals surface area (Å²) >= 11 is 0. The molecule has 3 amide bonds. The Morgan fingerprint density at radius 2 is 1.95 bits per heavy atom. The molecule has 0 aromatic heterocycles. The molecule has 4 rings (SSSR count). The molecule has 1 aliphatic heterocycles. The Balaban J connectivity index is 1.21. The second-order valence-corrected chi connectivity index (χ2v) is 13.5. The number of nitrogens with two attached hydrogens (primary N) is 1. The Hall–Kier alpha value is -2.95. The number of halogens is 1. The molecule has 0 spiro atoms. The first-order chi connectivity index (χ1) is 18.5. The van der Waals surface area contributed by atoms with Crippen LogP contribution in [0.3, 0.4) is 0 Å². The molecule has 214 valence electrons. The van der Waals surface area contributed by atoms with Gasteiger partial charge in [0.25, 0.3) is 0 Å². The van der Waals surface area contributed by atoms with Crippen molar-refractivity contribution in [1.29, 1.82) is 0 Å². The van der Waals surface area contributed by atoms with Gasteiger partial charge in [-0.05, 0) is 76.3 Å². The van der Waals surface area contributed by atoms with Crippen LogP contribution in [-0.4, -0.2) is 54.4 Å². The van der Waals surface area contributed by atoms with Crippen molar-refractivity contribution in [2.45, 2.75) is 88.0 Å². The fraction of sp³-hybridized carbons (Fsp3) is 0.607. The van der Waals surface area contributed by atoms with Crippen molar-refractivity contribution in [3.05, 3.63) is 42.2 Å². The van der Waals surface area contributed by atoms with Gasteiger partial charge >= 0.3 is 0 Å². The average molecular weight is 563 g/mol. The number of hydrogen-bond acceptors (Lipinski definition) is 6. The van der Waals surface area contributed by atoms with Gasteiger partial charge in [-0.1, -0.05) is 37.1 Å². The summed E-state index contributed by atoms with van der Waals surface area (Å²) in [6.45, 7) is 2.11. The van der Waals surface area contributed by atoms with Gasteiger partial charge < -0.3 is 16.0 Å². The maximum Gasteiger partial charge on any atom is 0.245 e. The molecule has 1 aromatic carbocycles. The highest BCUT2D eigenvalue weighted by Gasteiger charge is 2.52. The number of allylic oxidation sites excluding steroid dienone is 2. The zero-order chi connectivity index (χ0) is 28.2. The lowest BCUT2D eigenvalue weighted by molar-refractivity contribution is -0.138. The minimum atomic E-state index is -3.60. The first-order valence-corrected chi connectivity index (χ1v) is 15.3. The number of sulfonamides is 1. The number of benzene rings is 1. The maximum atomic E-state index is 14.3. The van der Waals surface area contributed by atoms with Gasteiger partial charge in [-0.15, -0.1) is 0 Å². The molecule has 0 bridgehead atoms. The smallest absolute Gasteiger partial charge is 0.245 e. The SMILES string of the molecule is CC1(S(=O)(=O)NC(=O)[C@H]2C[C@H]2/C=C\CCCCC[C@H](Nc2ccccc2F)C(=O)N2CCC[C@H]2C(N)=O)CC1. The van der Waals surface area contributed by atoms with E-state index in [1.54, 1.807) is 25.1 Å². The molecule has 1 saturated heterocycles. The van der Waals surface area contributed by atoms with Crippen LogP contribution in [0, 0.1) is 17.7 Å². The summed E-state index contributed by atoms with van der Waals surface area (Å²) in [5.74, 6) is -1.84. The summed E-state index contributed by atoms with van der Waals surface area (Å²) in [7, 11) is -3.60. The summed E-state index contributed by atoms with van der Waals surface area (Å²) < 4.78 is 40.2. The molecule has 0 unspecified atom stereocenters. The number of nitrogens with zero attached hydrogens (tertiary/aromatic N) is 1. The number of hydrogen-bond donors (Lipinski definition) is 3. The molecule has 3 aliphatic rings. The van der Waals surface area contributed by atoms with E-state index in [4.69, 9.17) is 5.73 Å². The predicted octanol–water partition coefficient (Wildman–Crippen LogP) is 3.22. The monoisotopic (exact) mass is 562 g/mol. The van der Waals surface area contributed by atoms with E-state index in [1.165, 1.54) is 11.0 Å². The number of carbonyl (C=O) groups is 3. The molecule has 2 saturated carbocycles. The molecule has 11 heteroatoms. The molecule has 4 N–H and O–H groups in total. The Morgan fingerprint density at radius 1 is 1.21 bits per heavy atom. The number of unbranched alkanes of at least 4 members (excludes halogenated alkanes) is 3. The van der Waals surface area contributed by atoms with E-state index in [2.05, 4.69) is 10.0 Å². The van der Waals surface area contributed by atoms with Crippen molar-refractivity contribution in [3.8, 4) is 0 Å². The van der Waals surface area contributed by atoms with Crippen molar-refractivity contribution in [2.75, 3.05) is 11.9 Å². The van der Waals surface area contributed by atoms with E-state index in [1.807, 2.05) is 12.2 Å². The van der Waals surface area contributed by atoms with E-state index in [0.717, 1.165) is 25.7 Å². The lowest BCUT2D eigenvalue weighted by atomic mass is 10.0. The van der Waals surface area contributed by atoms with Gasteiger partial charge in [0.2, 0.25) is 27.7 Å². The third-order valence-corrected chi connectivity index (χ3v) is 10.3. The van der Waals surface area contributed by atoms with E-state index in [9.17, 15) is 27.2 Å². The third-order valence-electron chi connectivity index (χ3n) is 8.13. The standard InChI is InChI=1S/C28H39FN4O5S/c1-28(15-16-28)39(37,38)32-26(35)20-18-19(20)10-5-3-2-4-6-13-23(31-22-12-8-7-11-21(22)29)27(36)33-17-9-14-24(33)25(30)34/h5,7-8,10-12,19-20,23-24,31H,2-4,6,9,13-18H2,1H3,(H2,30,34)(H,32,35)/b10-5-/t19-,20+,23+,24+/m1/s1. The van der Waals surface area contributed by atoms with E-state index < -0.39 is 44.5 Å². The Morgan fingerprint density at radius 3 is 2.64 bits per heavy atom. The molecule has 39 heavy (non-hydrogen) atoms. The van der Waals surface area contributed by atoms with Crippen molar-refractivity contribution in [3.63, 3.8) is 0 Å². The maximum absolute atomic E-state index is 14.3. The zero-order valence-electron chi connectivity index (χ0n) is 22.4. The van der Waals surface area contributed by atoms with Gasteiger partial charge in [0.1, 0.15) is 17.9 Å². The zero-order valence-corrected chi connectivity index (χ0v) is 23.2. The molecule has 0 radical (unpaired) electrons. The van der Waals surface area contributed by atoms with Crippen molar-refractivity contribution in [1.82, 2.24) is 9.62 Å². The van der Waals surface area contributed by atoms with Gasteiger partial charge in [-0.3, -0.25) is 19.1 Å². The predicted molar refractivity (Wildman–Crippen MR) is 146 cm³/mol. The lowest BCUT2D eigenvalue weighted by Gasteiger charge is -2.28. The third kappa shape index (κ3) is 7.17. The normalized spacial score (nSPS) is 24.4. The van der Waals surface area contributed by atoms with Crippen LogP contribution in [0.1, 0.15) is 71.1 Å².